The smallest absolute Gasteiger partial charge is 0.00408 e. The molecule has 0 N–H and O–H groups in total. The Balaban J connectivity index is 1.63. The van der Waals surface area contributed by atoms with Gasteiger partial charge in [0.2, 0.25) is 0 Å². The van der Waals surface area contributed by atoms with Crippen LogP contribution >= 0.6 is 0 Å². The van der Waals surface area contributed by atoms with E-state index in [4.69, 9.17) is 0 Å². The predicted molar refractivity (Wildman–Crippen MR) is 81.2 cm³/mol. The number of nitrogens with zero attached hydrogens (tertiary/aromatic N) is 1. The zero-order chi connectivity index (χ0) is 13.5. The molecule has 104 valence electrons. The summed E-state index contributed by atoms with van der Waals surface area (Å²) >= 11 is 0. The summed E-state index contributed by atoms with van der Waals surface area (Å²) in [7, 11) is 0. The molecule has 1 aromatic carbocycles. The number of hydrogen-bond acceptors (Lipinski definition) is 1. The van der Waals surface area contributed by atoms with Crippen molar-refractivity contribution in [2.45, 2.75) is 40.0 Å². The van der Waals surface area contributed by atoms with Crippen molar-refractivity contribution >= 4 is 0 Å². The number of fused-ring (bicyclic) bond motifs is 2. The number of rotatable bonds is 3. The lowest BCUT2D eigenvalue weighted by molar-refractivity contribution is -0.0169. The van der Waals surface area contributed by atoms with Gasteiger partial charge in [0.25, 0.3) is 0 Å². The van der Waals surface area contributed by atoms with Crippen molar-refractivity contribution in [3.05, 3.63) is 35.9 Å². The SMILES string of the molecule is CC12CCC(CN(CCc3ccccc3)C1)C2(C)C. The van der Waals surface area contributed by atoms with Crippen LogP contribution in [0.4, 0.5) is 0 Å². The summed E-state index contributed by atoms with van der Waals surface area (Å²) < 4.78 is 0. The topological polar surface area (TPSA) is 3.24 Å². The second kappa shape index (κ2) is 4.63. The van der Waals surface area contributed by atoms with Gasteiger partial charge in [0.1, 0.15) is 0 Å². The van der Waals surface area contributed by atoms with Crippen LogP contribution in [0.2, 0.25) is 0 Å². The lowest BCUT2D eigenvalue weighted by Gasteiger charge is -2.50. The third-order valence-corrected chi connectivity index (χ3v) is 6.23. The van der Waals surface area contributed by atoms with Crippen molar-refractivity contribution in [1.29, 1.82) is 0 Å². The maximum Gasteiger partial charge on any atom is 0.00408 e. The molecule has 2 aliphatic rings. The normalized spacial score (nSPS) is 33.5. The molecule has 3 rings (SSSR count). The number of hydrogen-bond donors (Lipinski definition) is 0. The summed E-state index contributed by atoms with van der Waals surface area (Å²) in [5.41, 5.74) is 2.55. The van der Waals surface area contributed by atoms with Crippen molar-refractivity contribution in [2.24, 2.45) is 16.7 Å². The maximum absolute atomic E-state index is 2.72. The second-order valence-electron chi connectivity index (χ2n) is 7.49. The number of piperidine rings is 1. The Kier molecular flexibility index (Phi) is 3.21. The van der Waals surface area contributed by atoms with Gasteiger partial charge in [0.05, 0.1) is 0 Å². The molecule has 1 aliphatic carbocycles. The quantitative estimate of drug-likeness (QED) is 0.791. The Bertz CT molecular complexity index is 436. The molecule has 0 amide bonds. The average molecular weight is 257 g/mol. The van der Waals surface area contributed by atoms with E-state index in [0.29, 0.717) is 10.8 Å². The van der Waals surface area contributed by atoms with Gasteiger partial charge in [-0.15, -0.1) is 0 Å². The van der Waals surface area contributed by atoms with E-state index >= 15 is 0 Å². The van der Waals surface area contributed by atoms with E-state index in [2.05, 4.69) is 56.0 Å². The van der Waals surface area contributed by atoms with Crippen LogP contribution < -0.4 is 0 Å². The molecular weight excluding hydrogens is 230 g/mol. The molecule has 1 saturated heterocycles. The van der Waals surface area contributed by atoms with Gasteiger partial charge >= 0.3 is 0 Å². The first-order valence-corrected chi connectivity index (χ1v) is 7.78. The van der Waals surface area contributed by atoms with E-state index in [-0.39, 0.29) is 0 Å². The third-order valence-electron chi connectivity index (χ3n) is 6.23. The van der Waals surface area contributed by atoms with Crippen LogP contribution in [0.15, 0.2) is 30.3 Å². The Labute approximate surface area is 118 Å². The molecule has 19 heavy (non-hydrogen) atoms. The summed E-state index contributed by atoms with van der Waals surface area (Å²) in [6, 6.07) is 10.9. The molecule has 2 fully saturated rings. The highest BCUT2D eigenvalue weighted by Gasteiger charge is 2.55. The Morgan fingerprint density at radius 3 is 2.58 bits per heavy atom. The van der Waals surface area contributed by atoms with Crippen LogP contribution in [0.1, 0.15) is 39.2 Å². The van der Waals surface area contributed by atoms with Gasteiger partial charge in [-0.1, -0.05) is 51.1 Å². The van der Waals surface area contributed by atoms with E-state index in [1.807, 2.05) is 0 Å². The molecule has 1 aromatic rings. The predicted octanol–water partition coefficient (Wildman–Crippen LogP) is 3.99. The Morgan fingerprint density at radius 1 is 1.16 bits per heavy atom. The largest absolute Gasteiger partial charge is 0.302 e. The molecule has 0 spiro atoms. The summed E-state index contributed by atoms with van der Waals surface area (Å²) in [6.07, 6.45) is 4.06. The summed E-state index contributed by atoms with van der Waals surface area (Å²) in [6.45, 7) is 11.4. The van der Waals surface area contributed by atoms with Crippen molar-refractivity contribution in [3.8, 4) is 0 Å². The van der Waals surface area contributed by atoms with Crippen molar-refractivity contribution in [2.75, 3.05) is 19.6 Å². The highest BCUT2D eigenvalue weighted by molar-refractivity contribution is 5.15. The van der Waals surface area contributed by atoms with Crippen LogP contribution in [0.25, 0.3) is 0 Å². The lowest BCUT2D eigenvalue weighted by atomic mass is 9.63. The maximum atomic E-state index is 2.72. The van der Waals surface area contributed by atoms with E-state index in [0.717, 1.165) is 5.92 Å². The molecule has 0 aromatic heterocycles. The third kappa shape index (κ3) is 2.23. The molecule has 1 nitrogen and oxygen atoms in total. The van der Waals surface area contributed by atoms with Gasteiger partial charge in [-0.2, -0.15) is 0 Å². The van der Waals surface area contributed by atoms with Gasteiger partial charge < -0.3 is 4.90 Å². The van der Waals surface area contributed by atoms with Gasteiger partial charge in [0, 0.05) is 19.6 Å². The fourth-order valence-corrected chi connectivity index (χ4v) is 4.24. The number of benzene rings is 1. The highest BCUT2D eigenvalue weighted by Crippen LogP contribution is 2.58. The van der Waals surface area contributed by atoms with E-state index in [9.17, 15) is 0 Å². The van der Waals surface area contributed by atoms with Crippen LogP contribution in [0.3, 0.4) is 0 Å². The Morgan fingerprint density at radius 2 is 1.89 bits per heavy atom. The van der Waals surface area contributed by atoms with E-state index in [1.54, 1.807) is 0 Å². The number of likely N-dealkylation sites (tertiary alicyclic amines) is 1. The molecule has 1 saturated carbocycles. The second-order valence-corrected chi connectivity index (χ2v) is 7.49. The summed E-state index contributed by atoms with van der Waals surface area (Å²) in [5, 5.41) is 0. The monoisotopic (exact) mass is 257 g/mol. The first-order valence-electron chi connectivity index (χ1n) is 7.78. The standard InChI is InChI=1S/C18H27N/c1-17(2)16-9-11-18(17,3)14-19(13-16)12-10-15-7-5-4-6-8-15/h4-8,16H,9-14H2,1-3H3. The van der Waals surface area contributed by atoms with Gasteiger partial charge in [-0.05, 0) is 41.6 Å². The minimum atomic E-state index is 0.534. The summed E-state index contributed by atoms with van der Waals surface area (Å²) in [5.74, 6) is 0.905. The van der Waals surface area contributed by atoms with Crippen LogP contribution in [-0.2, 0) is 6.42 Å². The van der Waals surface area contributed by atoms with Crippen LogP contribution in [-0.4, -0.2) is 24.5 Å². The van der Waals surface area contributed by atoms with Gasteiger partial charge in [0.15, 0.2) is 0 Å². The Hall–Kier alpha value is -0.820. The average Bonchev–Trinajstić information content (AvgIpc) is 2.56. The molecule has 0 radical (unpaired) electrons. The minimum absolute atomic E-state index is 0.534. The minimum Gasteiger partial charge on any atom is -0.302 e. The van der Waals surface area contributed by atoms with Crippen LogP contribution in [0.5, 0.6) is 0 Å². The molecular formula is C18H27N. The molecule has 1 heterocycles. The van der Waals surface area contributed by atoms with E-state index in [1.165, 1.54) is 44.5 Å². The van der Waals surface area contributed by atoms with Crippen molar-refractivity contribution in [3.63, 3.8) is 0 Å². The fourth-order valence-electron chi connectivity index (χ4n) is 4.24. The zero-order valence-electron chi connectivity index (χ0n) is 12.7. The zero-order valence-corrected chi connectivity index (χ0v) is 12.7. The van der Waals surface area contributed by atoms with Crippen molar-refractivity contribution in [1.82, 2.24) is 4.90 Å². The molecule has 1 heteroatoms. The van der Waals surface area contributed by atoms with Crippen LogP contribution in [0, 0.1) is 16.7 Å². The van der Waals surface area contributed by atoms with Gasteiger partial charge in [-0.3, -0.25) is 0 Å². The first-order chi connectivity index (χ1) is 9.01. The molecule has 2 atom stereocenters. The molecule has 2 bridgehead atoms. The van der Waals surface area contributed by atoms with Gasteiger partial charge in [-0.25, -0.2) is 0 Å². The first kappa shape index (κ1) is 13.2. The van der Waals surface area contributed by atoms with E-state index < -0.39 is 0 Å². The molecule has 1 aliphatic heterocycles. The van der Waals surface area contributed by atoms with Crippen molar-refractivity contribution < 1.29 is 0 Å². The lowest BCUT2D eigenvalue weighted by Crippen LogP contribution is -2.52. The highest BCUT2D eigenvalue weighted by atomic mass is 15.2. The fraction of sp³-hybridized carbons (Fsp3) is 0.667. The summed E-state index contributed by atoms with van der Waals surface area (Å²) in [4.78, 5) is 2.72. The molecule has 2 unspecified atom stereocenters.